The van der Waals surface area contributed by atoms with Gasteiger partial charge >= 0.3 is 0 Å². The van der Waals surface area contributed by atoms with Gasteiger partial charge in [0.2, 0.25) is 0 Å². The average Bonchev–Trinajstić information content (AvgIpc) is 2.84. The zero-order valence-electron chi connectivity index (χ0n) is 11.0. The largest absolute Gasteiger partial charge is 0.504 e. The van der Waals surface area contributed by atoms with Gasteiger partial charge in [-0.1, -0.05) is 0 Å². The molecule has 2 heterocycles. The van der Waals surface area contributed by atoms with E-state index in [0.717, 1.165) is 12.1 Å². The summed E-state index contributed by atoms with van der Waals surface area (Å²) in [6.45, 7) is 0. The zero-order valence-corrected chi connectivity index (χ0v) is 11.0. The molecule has 100 valence electrons. The van der Waals surface area contributed by atoms with E-state index in [0.29, 0.717) is 23.6 Å². The second-order valence-electron chi connectivity index (χ2n) is 5.86. The molecule has 19 heavy (non-hydrogen) atoms. The second kappa shape index (κ2) is 3.85. The highest BCUT2D eigenvalue weighted by Crippen LogP contribution is 2.56. The van der Waals surface area contributed by atoms with Crippen LogP contribution in [-0.2, 0) is 7.05 Å². The van der Waals surface area contributed by atoms with Crippen molar-refractivity contribution in [1.82, 2.24) is 19.6 Å². The summed E-state index contributed by atoms with van der Waals surface area (Å²) in [4.78, 5) is 0. The van der Waals surface area contributed by atoms with E-state index < -0.39 is 0 Å². The van der Waals surface area contributed by atoms with Crippen LogP contribution in [0.4, 0.5) is 0 Å². The molecule has 0 radical (unpaired) electrons. The number of aromatic hydroxyl groups is 1. The van der Waals surface area contributed by atoms with E-state index in [1.54, 1.807) is 6.20 Å². The summed E-state index contributed by atoms with van der Waals surface area (Å²) in [5, 5.41) is 18.9. The van der Waals surface area contributed by atoms with Crippen molar-refractivity contribution >= 4 is 0 Å². The Morgan fingerprint density at radius 2 is 2.11 bits per heavy atom. The summed E-state index contributed by atoms with van der Waals surface area (Å²) in [6, 6.07) is 0.509. The first-order valence-corrected chi connectivity index (χ1v) is 6.99. The third kappa shape index (κ3) is 1.76. The fourth-order valence-corrected chi connectivity index (χ4v) is 3.00. The molecule has 2 fully saturated rings. The van der Waals surface area contributed by atoms with Crippen LogP contribution in [0.5, 0.6) is 5.75 Å². The van der Waals surface area contributed by atoms with E-state index >= 15 is 0 Å². The lowest BCUT2D eigenvalue weighted by atomic mass is 9.93. The lowest BCUT2D eigenvalue weighted by Gasteiger charge is -2.25. The molecule has 5 heteroatoms. The maximum absolute atomic E-state index is 10.1. The van der Waals surface area contributed by atoms with E-state index in [4.69, 9.17) is 0 Å². The van der Waals surface area contributed by atoms with E-state index in [1.165, 1.54) is 24.8 Å². The topological polar surface area (TPSA) is 55.9 Å². The first kappa shape index (κ1) is 11.1. The molecule has 2 aliphatic rings. The molecule has 2 aliphatic carbocycles. The monoisotopic (exact) mass is 258 g/mol. The number of rotatable bonds is 3. The highest BCUT2D eigenvalue weighted by Gasteiger charge is 2.44. The van der Waals surface area contributed by atoms with Gasteiger partial charge < -0.3 is 5.11 Å². The fourth-order valence-electron chi connectivity index (χ4n) is 3.00. The van der Waals surface area contributed by atoms with Crippen LogP contribution >= 0.6 is 0 Å². The first-order valence-electron chi connectivity index (χ1n) is 6.99. The molecule has 0 bridgehead atoms. The van der Waals surface area contributed by atoms with Crippen molar-refractivity contribution in [2.24, 2.45) is 7.05 Å². The van der Waals surface area contributed by atoms with Crippen molar-refractivity contribution in [2.45, 2.75) is 43.6 Å². The Bertz CT molecular complexity index is 611. The van der Waals surface area contributed by atoms with Gasteiger partial charge in [-0.3, -0.25) is 9.36 Å². The molecule has 2 saturated carbocycles. The van der Waals surface area contributed by atoms with Gasteiger partial charge in [0.05, 0.1) is 18.4 Å². The quantitative estimate of drug-likeness (QED) is 0.919. The van der Waals surface area contributed by atoms with E-state index in [9.17, 15) is 5.11 Å². The van der Waals surface area contributed by atoms with Gasteiger partial charge in [-0.15, -0.1) is 0 Å². The fraction of sp³-hybridized carbons (Fsp3) is 0.571. The lowest BCUT2D eigenvalue weighted by Crippen LogP contribution is -2.17. The minimum atomic E-state index is 0.364. The molecule has 2 atom stereocenters. The first-order chi connectivity index (χ1) is 9.22. The van der Waals surface area contributed by atoms with Crippen LogP contribution in [0.3, 0.4) is 0 Å². The Kier molecular flexibility index (Phi) is 2.25. The number of hydrogen-bond donors (Lipinski definition) is 1. The molecule has 2 aromatic heterocycles. The molecule has 2 unspecified atom stereocenters. The molecule has 1 N–H and O–H groups in total. The summed E-state index contributed by atoms with van der Waals surface area (Å²) < 4.78 is 3.80. The minimum absolute atomic E-state index is 0.364. The maximum Gasteiger partial charge on any atom is 0.157 e. The Hall–Kier alpha value is -1.78. The lowest BCUT2D eigenvalue weighted by molar-refractivity contribution is 0.287. The molecule has 0 aromatic carbocycles. The summed E-state index contributed by atoms with van der Waals surface area (Å²) >= 11 is 0. The van der Waals surface area contributed by atoms with Gasteiger partial charge in [0.15, 0.2) is 5.75 Å². The number of aromatic nitrogens is 4. The van der Waals surface area contributed by atoms with Crippen molar-refractivity contribution < 1.29 is 5.11 Å². The molecular formula is C14H18N4O. The SMILES string of the molecule is Cn1cc(C2CC2c2nn(C3CCC3)cc2O)cn1. The van der Waals surface area contributed by atoms with Crippen LogP contribution in [0, 0.1) is 0 Å². The Morgan fingerprint density at radius 1 is 1.26 bits per heavy atom. The molecule has 5 nitrogen and oxygen atoms in total. The third-order valence-corrected chi connectivity index (χ3v) is 4.48. The predicted octanol–water partition coefficient (Wildman–Crippen LogP) is 2.32. The molecule has 0 saturated heterocycles. The van der Waals surface area contributed by atoms with Gasteiger partial charge in [-0.2, -0.15) is 10.2 Å². The van der Waals surface area contributed by atoms with Crippen LogP contribution in [-0.4, -0.2) is 24.7 Å². The molecule has 0 spiro atoms. The van der Waals surface area contributed by atoms with Crippen LogP contribution < -0.4 is 0 Å². The van der Waals surface area contributed by atoms with E-state index in [1.807, 2.05) is 22.6 Å². The van der Waals surface area contributed by atoms with Crippen LogP contribution in [0.25, 0.3) is 0 Å². The standard InChI is InChI=1S/C14H18N4O/c1-17-7-9(6-15-17)11-5-12(11)14-13(19)8-18(16-14)10-3-2-4-10/h6-8,10-12,19H,2-5H2,1H3. The van der Waals surface area contributed by atoms with Gasteiger partial charge in [-0.25, -0.2) is 0 Å². The van der Waals surface area contributed by atoms with E-state index in [-0.39, 0.29) is 0 Å². The molecular weight excluding hydrogens is 240 g/mol. The van der Waals surface area contributed by atoms with Crippen molar-refractivity contribution in [3.05, 3.63) is 29.8 Å². The second-order valence-corrected chi connectivity index (χ2v) is 5.86. The van der Waals surface area contributed by atoms with E-state index in [2.05, 4.69) is 16.4 Å². The van der Waals surface area contributed by atoms with Crippen LogP contribution in [0.1, 0.15) is 54.8 Å². The molecule has 2 aromatic rings. The smallest absolute Gasteiger partial charge is 0.157 e. The maximum atomic E-state index is 10.1. The molecule has 0 aliphatic heterocycles. The molecule has 0 amide bonds. The van der Waals surface area contributed by atoms with Crippen molar-refractivity contribution in [2.75, 3.05) is 0 Å². The van der Waals surface area contributed by atoms with Crippen LogP contribution in [0.15, 0.2) is 18.6 Å². The normalized spacial score (nSPS) is 26.4. The van der Waals surface area contributed by atoms with Gasteiger partial charge in [0.1, 0.15) is 5.69 Å². The predicted molar refractivity (Wildman–Crippen MR) is 70.1 cm³/mol. The highest BCUT2D eigenvalue weighted by molar-refractivity contribution is 5.37. The summed E-state index contributed by atoms with van der Waals surface area (Å²) in [5.41, 5.74) is 2.13. The number of aryl methyl sites for hydroxylation is 1. The highest BCUT2D eigenvalue weighted by atomic mass is 16.3. The summed E-state index contributed by atoms with van der Waals surface area (Å²) in [7, 11) is 1.93. The third-order valence-electron chi connectivity index (χ3n) is 4.48. The summed E-state index contributed by atoms with van der Waals surface area (Å²) in [6.07, 6.45) is 10.5. The average molecular weight is 258 g/mol. The van der Waals surface area contributed by atoms with Gasteiger partial charge in [0, 0.05) is 19.2 Å². The Labute approximate surface area is 111 Å². The number of nitrogens with zero attached hydrogens (tertiary/aromatic N) is 4. The Balaban J connectivity index is 1.55. The summed E-state index contributed by atoms with van der Waals surface area (Å²) in [5.74, 6) is 1.21. The Morgan fingerprint density at radius 3 is 2.74 bits per heavy atom. The van der Waals surface area contributed by atoms with Crippen molar-refractivity contribution in [3.8, 4) is 5.75 Å². The molecule has 4 rings (SSSR count). The van der Waals surface area contributed by atoms with Crippen molar-refractivity contribution in [1.29, 1.82) is 0 Å². The van der Waals surface area contributed by atoms with Crippen molar-refractivity contribution in [3.63, 3.8) is 0 Å². The van der Waals surface area contributed by atoms with Crippen LogP contribution in [0.2, 0.25) is 0 Å². The van der Waals surface area contributed by atoms with Gasteiger partial charge in [-0.05, 0) is 37.2 Å². The number of hydrogen-bond acceptors (Lipinski definition) is 3. The zero-order chi connectivity index (χ0) is 13.0. The van der Waals surface area contributed by atoms with Gasteiger partial charge in [0.25, 0.3) is 0 Å². The minimum Gasteiger partial charge on any atom is -0.504 e.